The Morgan fingerprint density at radius 2 is 1.87 bits per heavy atom. The number of carboxylic acids is 1. The van der Waals surface area contributed by atoms with Gasteiger partial charge >= 0.3 is 5.97 Å². The molecule has 1 saturated carbocycles. The van der Waals surface area contributed by atoms with Gasteiger partial charge in [0.2, 0.25) is 0 Å². The normalized spacial score (nSPS) is 19.0. The number of hydrogen-bond donors (Lipinski definition) is 2. The average Bonchev–Trinajstić information content (AvgIpc) is 2.53. The third-order valence-electron chi connectivity index (χ3n) is 4.87. The minimum Gasteiger partial charge on any atom is -0.493 e. The van der Waals surface area contributed by atoms with Gasteiger partial charge in [-0.3, -0.25) is 4.79 Å². The van der Waals surface area contributed by atoms with Crippen LogP contribution in [0.1, 0.15) is 32.1 Å². The molecule has 3 rings (SSSR count). The van der Waals surface area contributed by atoms with Gasteiger partial charge in [0.1, 0.15) is 6.54 Å². The van der Waals surface area contributed by atoms with Gasteiger partial charge in [-0.05, 0) is 12.8 Å². The van der Waals surface area contributed by atoms with Crippen LogP contribution in [0.25, 0.3) is 0 Å². The lowest BCUT2D eigenvalue weighted by atomic mass is 9.79. The first-order valence-corrected chi connectivity index (χ1v) is 8.08. The molecule has 0 radical (unpaired) electrons. The molecule has 6 heteroatoms. The van der Waals surface area contributed by atoms with E-state index in [1.165, 1.54) is 19.3 Å². The lowest BCUT2D eigenvalue weighted by Gasteiger charge is -2.47. The van der Waals surface area contributed by atoms with Crippen molar-refractivity contribution in [1.29, 1.82) is 0 Å². The molecular formula is C17H24N2O4. The predicted octanol–water partition coefficient (Wildman–Crippen LogP) is 2.72. The fraction of sp³-hybridized carbons (Fsp3) is 0.588. The molecule has 23 heavy (non-hydrogen) atoms. The maximum absolute atomic E-state index is 11.3. The van der Waals surface area contributed by atoms with Gasteiger partial charge in [-0.25, -0.2) is 0 Å². The molecule has 1 heterocycles. The molecule has 1 aliphatic heterocycles. The van der Waals surface area contributed by atoms with E-state index in [1.54, 1.807) is 14.2 Å². The molecule has 1 fully saturated rings. The summed E-state index contributed by atoms with van der Waals surface area (Å²) in [6, 6.07) is 3.78. The number of aliphatic carboxylic acids is 1. The molecule has 1 aromatic rings. The minimum atomic E-state index is -0.821. The number of ether oxygens (including phenoxy) is 2. The predicted molar refractivity (Wildman–Crippen MR) is 88.8 cm³/mol. The summed E-state index contributed by atoms with van der Waals surface area (Å²) in [5, 5.41) is 13.0. The molecular weight excluding hydrogens is 296 g/mol. The zero-order valence-electron chi connectivity index (χ0n) is 13.7. The quantitative estimate of drug-likeness (QED) is 0.889. The van der Waals surface area contributed by atoms with E-state index in [4.69, 9.17) is 9.47 Å². The van der Waals surface area contributed by atoms with Crippen LogP contribution in [-0.4, -0.2) is 43.9 Å². The van der Waals surface area contributed by atoms with E-state index in [2.05, 4.69) is 5.32 Å². The lowest BCUT2D eigenvalue weighted by Crippen LogP contribution is -2.54. The number of nitrogens with one attached hydrogen (secondary N) is 1. The van der Waals surface area contributed by atoms with E-state index in [9.17, 15) is 9.90 Å². The highest BCUT2D eigenvalue weighted by Gasteiger charge is 2.39. The van der Waals surface area contributed by atoms with E-state index in [0.717, 1.165) is 24.2 Å². The van der Waals surface area contributed by atoms with Crippen LogP contribution in [0.15, 0.2) is 12.1 Å². The van der Waals surface area contributed by atoms with Crippen LogP contribution in [0.3, 0.4) is 0 Å². The van der Waals surface area contributed by atoms with E-state index in [0.29, 0.717) is 18.0 Å². The molecule has 0 saturated heterocycles. The number of benzene rings is 1. The van der Waals surface area contributed by atoms with Crippen molar-refractivity contribution >= 4 is 17.3 Å². The van der Waals surface area contributed by atoms with Crippen molar-refractivity contribution in [1.82, 2.24) is 0 Å². The van der Waals surface area contributed by atoms with E-state index in [1.807, 2.05) is 17.0 Å². The maximum Gasteiger partial charge on any atom is 0.323 e. The number of fused-ring (bicyclic) bond motifs is 1. The van der Waals surface area contributed by atoms with Crippen LogP contribution in [0.2, 0.25) is 0 Å². The topological polar surface area (TPSA) is 71.0 Å². The second-order valence-corrected chi connectivity index (χ2v) is 6.44. The summed E-state index contributed by atoms with van der Waals surface area (Å²) in [6.07, 6.45) is 5.74. The van der Waals surface area contributed by atoms with Crippen molar-refractivity contribution in [3.63, 3.8) is 0 Å². The van der Waals surface area contributed by atoms with Crippen LogP contribution >= 0.6 is 0 Å². The molecule has 0 unspecified atom stereocenters. The fourth-order valence-electron chi connectivity index (χ4n) is 3.82. The number of rotatable bonds is 4. The van der Waals surface area contributed by atoms with E-state index < -0.39 is 5.97 Å². The number of methoxy groups -OCH3 is 2. The Kier molecular flexibility index (Phi) is 4.24. The Bertz CT molecular complexity index is 597. The van der Waals surface area contributed by atoms with E-state index >= 15 is 0 Å². The fourth-order valence-corrected chi connectivity index (χ4v) is 3.82. The summed E-state index contributed by atoms with van der Waals surface area (Å²) in [5.41, 5.74) is 1.75. The number of carboxylic acid groups (broad SMARTS) is 1. The Morgan fingerprint density at radius 3 is 2.48 bits per heavy atom. The molecule has 0 atom stereocenters. The van der Waals surface area contributed by atoms with Gasteiger partial charge in [0.25, 0.3) is 0 Å². The van der Waals surface area contributed by atoms with Gasteiger partial charge in [0.05, 0.1) is 31.1 Å². The third-order valence-corrected chi connectivity index (χ3v) is 4.87. The van der Waals surface area contributed by atoms with Crippen LogP contribution in [-0.2, 0) is 4.79 Å². The number of carbonyl (C=O) groups is 1. The van der Waals surface area contributed by atoms with Gasteiger partial charge in [0.15, 0.2) is 11.5 Å². The number of anilines is 2. The Hall–Kier alpha value is -2.11. The highest BCUT2D eigenvalue weighted by molar-refractivity contribution is 5.82. The summed E-state index contributed by atoms with van der Waals surface area (Å²) in [5.74, 6) is 0.448. The second kappa shape index (κ2) is 6.18. The molecule has 126 valence electrons. The van der Waals surface area contributed by atoms with Crippen molar-refractivity contribution < 1.29 is 19.4 Å². The Morgan fingerprint density at radius 1 is 1.22 bits per heavy atom. The first kappa shape index (κ1) is 15.8. The van der Waals surface area contributed by atoms with Gasteiger partial charge in [-0.15, -0.1) is 0 Å². The first-order valence-electron chi connectivity index (χ1n) is 8.08. The van der Waals surface area contributed by atoms with E-state index in [-0.39, 0.29) is 12.1 Å². The third kappa shape index (κ3) is 3.02. The van der Waals surface area contributed by atoms with Crippen molar-refractivity contribution in [2.45, 2.75) is 37.6 Å². The first-order chi connectivity index (χ1) is 11.1. The zero-order chi connectivity index (χ0) is 16.4. The van der Waals surface area contributed by atoms with Gasteiger partial charge in [-0.2, -0.15) is 0 Å². The molecule has 0 bridgehead atoms. The van der Waals surface area contributed by atoms with Crippen molar-refractivity contribution in [2.24, 2.45) is 0 Å². The molecule has 0 amide bonds. The molecule has 1 aromatic carbocycles. The van der Waals surface area contributed by atoms with Gasteiger partial charge in [0, 0.05) is 18.7 Å². The van der Waals surface area contributed by atoms with Crippen LogP contribution in [0.4, 0.5) is 11.4 Å². The highest BCUT2D eigenvalue weighted by Crippen LogP contribution is 2.45. The summed E-state index contributed by atoms with van der Waals surface area (Å²) in [7, 11) is 3.20. The Balaban J connectivity index is 2.02. The van der Waals surface area contributed by atoms with Crippen LogP contribution in [0, 0.1) is 0 Å². The van der Waals surface area contributed by atoms with Gasteiger partial charge in [-0.1, -0.05) is 19.3 Å². The summed E-state index contributed by atoms with van der Waals surface area (Å²) >= 11 is 0. The zero-order valence-corrected chi connectivity index (χ0v) is 13.7. The Labute approximate surface area is 136 Å². The van der Waals surface area contributed by atoms with Crippen molar-refractivity contribution in [3.8, 4) is 11.5 Å². The smallest absolute Gasteiger partial charge is 0.323 e. The van der Waals surface area contributed by atoms with Crippen molar-refractivity contribution in [3.05, 3.63) is 12.1 Å². The monoisotopic (exact) mass is 320 g/mol. The summed E-state index contributed by atoms with van der Waals surface area (Å²) in [6.45, 7) is 0.702. The molecule has 1 aliphatic carbocycles. The number of nitrogens with zero attached hydrogens (tertiary/aromatic N) is 1. The average molecular weight is 320 g/mol. The van der Waals surface area contributed by atoms with Crippen LogP contribution in [0.5, 0.6) is 11.5 Å². The summed E-state index contributed by atoms with van der Waals surface area (Å²) in [4.78, 5) is 13.3. The largest absolute Gasteiger partial charge is 0.493 e. The molecule has 6 nitrogen and oxygen atoms in total. The minimum absolute atomic E-state index is 0.00802. The molecule has 2 aliphatic rings. The molecule has 0 aromatic heterocycles. The molecule has 1 spiro atoms. The maximum atomic E-state index is 11.3. The summed E-state index contributed by atoms with van der Waals surface area (Å²) < 4.78 is 10.8. The van der Waals surface area contributed by atoms with Crippen LogP contribution < -0.4 is 19.7 Å². The highest BCUT2D eigenvalue weighted by atomic mass is 16.5. The SMILES string of the molecule is COc1cc2c(cc1OC)N(CC(=O)O)CC1(CCCCC1)N2. The number of hydrogen-bond acceptors (Lipinski definition) is 5. The van der Waals surface area contributed by atoms with Crippen molar-refractivity contribution in [2.75, 3.05) is 37.5 Å². The second-order valence-electron chi connectivity index (χ2n) is 6.44. The standard InChI is InChI=1S/C17H24N2O4/c1-22-14-8-12-13(9-15(14)23-2)19(10-16(20)21)11-17(18-12)6-4-3-5-7-17/h8-9,18H,3-7,10-11H2,1-2H3,(H,20,21). The van der Waals surface area contributed by atoms with Gasteiger partial charge < -0.3 is 24.8 Å². The lowest BCUT2D eigenvalue weighted by molar-refractivity contribution is -0.135. The molecule has 2 N–H and O–H groups in total.